The highest BCUT2D eigenvalue weighted by atomic mass is 16.1. The molecule has 21 heavy (non-hydrogen) atoms. The molecule has 0 saturated carbocycles. The van der Waals surface area contributed by atoms with Gasteiger partial charge in [0.2, 0.25) is 5.91 Å². The van der Waals surface area contributed by atoms with Gasteiger partial charge in [-0.1, -0.05) is 37.3 Å². The van der Waals surface area contributed by atoms with Crippen molar-refractivity contribution >= 4 is 5.91 Å². The quantitative estimate of drug-likeness (QED) is 0.648. The molecule has 0 bridgehead atoms. The van der Waals surface area contributed by atoms with E-state index in [-0.39, 0.29) is 11.9 Å². The van der Waals surface area contributed by atoms with Crippen LogP contribution in [0.4, 0.5) is 0 Å². The number of hydrogen-bond acceptors (Lipinski definition) is 3. The highest BCUT2D eigenvalue weighted by Crippen LogP contribution is 2.02. The molecule has 0 spiro atoms. The predicted octanol–water partition coefficient (Wildman–Crippen LogP) is 2.01. The van der Waals surface area contributed by atoms with Crippen molar-refractivity contribution in [3.63, 3.8) is 0 Å². The fraction of sp³-hybridized carbons (Fsp3) is 0.588. The first kappa shape index (κ1) is 17.7. The van der Waals surface area contributed by atoms with Crippen LogP contribution in [0.3, 0.4) is 0 Å². The van der Waals surface area contributed by atoms with Crippen LogP contribution in [0.25, 0.3) is 0 Å². The van der Waals surface area contributed by atoms with Crippen LogP contribution in [-0.4, -0.2) is 43.5 Å². The third kappa shape index (κ3) is 8.48. The maximum atomic E-state index is 11.7. The normalized spacial score (nSPS) is 12.4. The lowest BCUT2D eigenvalue weighted by molar-refractivity contribution is -0.121. The fourth-order valence-electron chi connectivity index (χ4n) is 2.32. The van der Waals surface area contributed by atoms with Gasteiger partial charge < -0.3 is 15.5 Å². The molecule has 2 N–H and O–H groups in total. The first-order chi connectivity index (χ1) is 10.1. The number of amides is 1. The number of benzene rings is 1. The minimum absolute atomic E-state index is 0.133. The van der Waals surface area contributed by atoms with Crippen molar-refractivity contribution in [2.45, 2.75) is 39.3 Å². The molecule has 1 aromatic rings. The van der Waals surface area contributed by atoms with Crippen molar-refractivity contribution in [3.8, 4) is 0 Å². The SMILES string of the molecule is CCNC(C)CC(=O)NCCCN(C)Cc1ccccc1. The molecule has 4 nitrogen and oxygen atoms in total. The lowest BCUT2D eigenvalue weighted by atomic mass is 10.2. The lowest BCUT2D eigenvalue weighted by Gasteiger charge is -2.17. The van der Waals surface area contributed by atoms with Crippen molar-refractivity contribution in [2.75, 3.05) is 26.7 Å². The summed E-state index contributed by atoms with van der Waals surface area (Å²) in [6, 6.07) is 10.7. The van der Waals surface area contributed by atoms with Crippen LogP contribution in [0, 0.1) is 0 Å². The lowest BCUT2D eigenvalue weighted by Crippen LogP contribution is -2.34. The molecule has 0 fully saturated rings. The summed E-state index contributed by atoms with van der Waals surface area (Å²) in [5.74, 6) is 0.133. The molecule has 0 aliphatic heterocycles. The monoisotopic (exact) mass is 291 g/mol. The van der Waals surface area contributed by atoms with E-state index in [1.54, 1.807) is 0 Å². The summed E-state index contributed by atoms with van der Waals surface area (Å²) in [5.41, 5.74) is 1.32. The van der Waals surface area contributed by atoms with E-state index in [0.717, 1.165) is 32.6 Å². The Balaban J connectivity index is 2.09. The van der Waals surface area contributed by atoms with E-state index < -0.39 is 0 Å². The Bertz CT molecular complexity index is 394. The van der Waals surface area contributed by atoms with E-state index >= 15 is 0 Å². The summed E-state index contributed by atoms with van der Waals surface area (Å²) in [6.45, 7) is 7.67. The smallest absolute Gasteiger partial charge is 0.221 e. The molecular weight excluding hydrogens is 262 g/mol. The summed E-state index contributed by atoms with van der Waals surface area (Å²) in [7, 11) is 2.11. The molecule has 1 aromatic carbocycles. The number of rotatable bonds is 10. The van der Waals surface area contributed by atoms with Crippen LogP contribution in [-0.2, 0) is 11.3 Å². The Kier molecular flexibility index (Phi) is 8.71. The van der Waals surface area contributed by atoms with E-state index in [1.165, 1.54) is 5.56 Å². The standard InChI is InChI=1S/C17H29N3O/c1-4-18-15(2)13-17(21)19-11-8-12-20(3)14-16-9-6-5-7-10-16/h5-7,9-10,15,18H,4,8,11-14H2,1-3H3,(H,19,21). The van der Waals surface area contributed by atoms with E-state index in [2.05, 4.69) is 53.8 Å². The van der Waals surface area contributed by atoms with Gasteiger partial charge in [-0.25, -0.2) is 0 Å². The van der Waals surface area contributed by atoms with Gasteiger partial charge in [0.1, 0.15) is 0 Å². The summed E-state index contributed by atoms with van der Waals surface area (Å²) < 4.78 is 0. The van der Waals surface area contributed by atoms with E-state index in [0.29, 0.717) is 6.42 Å². The summed E-state index contributed by atoms with van der Waals surface area (Å²) in [4.78, 5) is 14.0. The molecule has 1 unspecified atom stereocenters. The van der Waals surface area contributed by atoms with E-state index in [4.69, 9.17) is 0 Å². The minimum atomic E-state index is 0.133. The molecular formula is C17H29N3O. The second-order valence-corrected chi connectivity index (χ2v) is 5.59. The van der Waals surface area contributed by atoms with Crippen LogP contribution < -0.4 is 10.6 Å². The van der Waals surface area contributed by atoms with E-state index in [9.17, 15) is 4.79 Å². The maximum Gasteiger partial charge on any atom is 0.221 e. The summed E-state index contributed by atoms with van der Waals surface area (Å²) in [6.07, 6.45) is 1.53. The van der Waals surface area contributed by atoms with Gasteiger partial charge in [-0.3, -0.25) is 4.79 Å². The largest absolute Gasteiger partial charge is 0.356 e. The Morgan fingerprint density at radius 3 is 2.67 bits per heavy atom. The maximum absolute atomic E-state index is 11.7. The first-order valence-electron chi connectivity index (χ1n) is 7.84. The van der Waals surface area contributed by atoms with Gasteiger partial charge in [0.05, 0.1) is 0 Å². The van der Waals surface area contributed by atoms with Gasteiger partial charge >= 0.3 is 0 Å². The second kappa shape index (κ2) is 10.4. The number of hydrogen-bond donors (Lipinski definition) is 2. The zero-order valence-electron chi connectivity index (χ0n) is 13.6. The van der Waals surface area contributed by atoms with Crippen LogP contribution >= 0.6 is 0 Å². The predicted molar refractivity (Wildman–Crippen MR) is 88.2 cm³/mol. The second-order valence-electron chi connectivity index (χ2n) is 5.59. The van der Waals surface area contributed by atoms with E-state index in [1.807, 2.05) is 13.0 Å². The molecule has 1 amide bonds. The molecule has 118 valence electrons. The molecule has 0 aromatic heterocycles. The molecule has 1 rings (SSSR count). The minimum Gasteiger partial charge on any atom is -0.356 e. The van der Waals surface area contributed by atoms with Gasteiger partial charge in [0.25, 0.3) is 0 Å². The van der Waals surface area contributed by atoms with Crippen LogP contribution in [0.15, 0.2) is 30.3 Å². The summed E-state index contributed by atoms with van der Waals surface area (Å²) in [5, 5.41) is 6.23. The van der Waals surface area contributed by atoms with Gasteiger partial charge in [-0.2, -0.15) is 0 Å². The topological polar surface area (TPSA) is 44.4 Å². The molecule has 1 atom stereocenters. The van der Waals surface area contributed by atoms with Crippen LogP contribution in [0.1, 0.15) is 32.3 Å². The molecule has 0 aliphatic carbocycles. The zero-order chi connectivity index (χ0) is 15.5. The number of carbonyl (C=O) groups excluding carboxylic acids is 1. The average molecular weight is 291 g/mol. The van der Waals surface area contributed by atoms with Gasteiger partial charge in [-0.15, -0.1) is 0 Å². The molecule has 0 radical (unpaired) electrons. The molecule has 0 saturated heterocycles. The number of nitrogens with one attached hydrogen (secondary N) is 2. The Labute approximate surface area is 128 Å². The van der Waals surface area contributed by atoms with Gasteiger partial charge in [0, 0.05) is 25.6 Å². The van der Waals surface area contributed by atoms with Crippen molar-refractivity contribution in [2.24, 2.45) is 0 Å². The Hall–Kier alpha value is -1.39. The molecule has 0 heterocycles. The van der Waals surface area contributed by atoms with Crippen LogP contribution in [0.2, 0.25) is 0 Å². The Morgan fingerprint density at radius 2 is 2.00 bits per heavy atom. The Morgan fingerprint density at radius 1 is 1.29 bits per heavy atom. The molecule has 4 heteroatoms. The van der Waals surface area contributed by atoms with Crippen molar-refractivity contribution < 1.29 is 4.79 Å². The first-order valence-corrected chi connectivity index (χ1v) is 7.84. The molecule has 0 aliphatic rings. The third-order valence-electron chi connectivity index (χ3n) is 3.38. The highest BCUT2D eigenvalue weighted by Gasteiger charge is 2.07. The van der Waals surface area contributed by atoms with Crippen LogP contribution in [0.5, 0.6) is 0 Å². The zero-order valence-corrected chi connectivity index (χ0v) is 13.6. The third-order valence-corrected chi connectivity index (χ3v) is 3.38. The van der Waals surface area contributed by atoms with Crippen molar-refractivity contribution in [3.05, 3.63) is 35.9 Å². The highest BCUT2D eigenvalue weighted by molar-refractivity contribution is 5.76. The summed E-state index contributed by atoms with van der Waals surface area (Å²) >= 11 is 0. The van der Waals surface area contributed by atoms with Crippen molar-refractivity contribution in [1.82, 2.24) is 15.5 Å². The number of nitrogens with zero attached hydrogens (tertiary/aromatic N) is 1. The number of carbonyl (C=O) groups is 1. The average Bonchev–Trinajstić information content (AvgIpc) is 2.45. The van der Waals surface area contributed by atoms with Gasteiger partial charge in [-0.05, 0) is 39.0 Å². The van der Waals surface area contributed by atoms with Crippen molar-refractivity contribution in [1.29, 1.82) is 0 Å². The van der Waals surface area contributed by atoms with Gasteiger partial charge in [0.15, 0.2) is 0 Å². The fourth-order valence-corrected chi connectivity index (χ4v) is 2.32.